The summed E-state index contributed by atoms with van der Waals surface area (Å²) >= 11 is 0. The van der Waals surface area contributed by atoms with Crippen LogP contribution < -0.4 is 5.32 Å². The molecule has 1 amide bonds. The summed E-state index contributed by atoms with van der Waals surface area (Å²) in [4.78, 5) is 12.3. The van der Waals surface area contributed by atoms with E-state index < -0.39 is 5.91 Å². The van der Waals surface area contributed by atoms with Crippen molar-refractivity contribution in [2.75, 3.05) is 5.32 Å². The molecule has 9 nitrogen and oxygen atoms in total. The van der Waals surface area contributed by atoms with Gasteiger partial charge in [0.2, 0.25) is 11.7 Å². The molecule has 0 saturated carbocycles. The van der Waals surface area contributed by atoms with Crippen molar-refractivity contribution in [1.82, 2.24) is 25.1 Å². The van der Waals surface area contributed by atoms with Crippen molar-refractivity contribution in [3.63, 3.8) is 0 Å². The number of aromatic nitrogens is 5. The van der Waals surface area contributed by atoms with Gasteiger partial charge < -0.3 is 14.3 Å². The van der Waals surface area contributed by atoms with E-state index in [1.54, 1.807) is 24.0 Å². The highest BCUT2D eigenvalue weighted by Gasteiger charge is 2.18. The van der Waals surface area contributed by atoms with Gasteiger partial charge in [-0.15, -0.1) is 10.2 Å². The zero-order chi connectivity index (χ0) is 17.9. The maximum Gasteiger partial charge on any atom is 0.286 e. The smallest absolute Gasteiger partial charge is 0.286 e. The highest BCUT2D eigenvalue weighted by Crippen LogP contribution is 2.19. The number of rotatable bonds is 5. The van der Waals surface area contributed by atoms with Gasteiger partial charge in [-0.2, -0.15) is 5.10 Å². The van der Waals surface area contributed by atoms with Crippen molar-refractivity contribution in [3.8, 4) is 11.7 Å². The number of carbonyl (C=O) groups is 1. The standard InChI is InChI=1S/C17H14N6O3/c1-11-20-21-17(25-11)15-7-14(22-26-15)16(24)19-13-8-18-23(10-13)9-12-5-3-2-4-6-12/h2-8,10H,9H2,1H3,(H,19,24). The molecule has 0 radical (unpaired) electrons. The first-order valence-electron chi connectivity index (χ1n) is 7.82. The summed E-state index contributed by atoms with van der Waals surface area (Å²) in [6.45, 7) is 2.27. The summed E-state index contributed by atoms with van der Waals surface area (Å²) in [7, 11) is 0. The molecule has 130 valence electrons. The van der Waals surface area contributed by atoms with Crippen LogP contribution >= 0.6 is 0 Å². The van der Waals surface area contributed by atoms with Crippen LogP contribution in [0, 0.1) is 6.92 Å². The van der Waals surface area contributed by atoms with Crippen LogP contribution in [0.4, 0.5) is 5.69 Å². The van der Waals surface area contributed by atoms with Crippen LogP contribution in [0.15, 0.2) is 57.7 Å². The number of benzene rings is 1. The topological polar surface area (TPSA) is 112 Å². The van der Waals surface area contributed by atoms with E-state index in [2.05, 4.69) is 25.8 Å². The monoisotopic (exact) mass is 350 g/mol. The third-order valence-electron chi connectivity index (χ3n) is 3.56. The molecule has 0 spiro atoms. The van der Waals surface area contributed by atoms with E-state index in [9.17, 15) is 4.79 Å². The molecular formula is C17H14N6O3. The lowest BCUT2D eigenvalue weighted by Crippen LogP contribution is -2.11. The Balaban J connectivity index is 1.43. The molecule has 3 heterocycles. The highest BCUT2D eigenvalue weighted by atomic mass is 16.5. The minimum absolute atomic E-state index is 0.103. The zero-order valence-electron chi connectivity index (χ0n) is 13.8. The number of hydrogen-bond acceptors (Lipinski definition) is 7. The predicted molar refractivity (Wildman–Crippen MR) is 90.3 cm³/mol. The molecule has 9 heteroatoms. The zero-order valence-corrected chi connectivity index (χ0v) is 13.8. The van der Waals surface area contributed by atoms with Crippen LogP contribution in [-0.2, 0) is 6.54 Å². The SMILES string of the molecule is Cc1nnc(-c2cc(C(=O)Nc3cnn(Cc4ccccc4)c3)no2)o1. The Labute approximate surface area is 147 Å². The van der Waals surface area contributed by atoms with Gasteiger partial charge in [0.1, 0.15) is 0 Å². The summed E-state index contributed by atoms with van der Waals surface area (Å²) in [6, 6.07) is 11.4. The summed E-state index contributed by atoms with van der Waals surface area (Å²) in [6.07, 6.45) is 3.32. The van der Waals surface area contributed by atoms with Crippen LogP contribution in [0.25, 0.3) is 11.7 Å². The van der Waals surface area contributed by atoms with Crippen LogP contribution in [0.3, 0.4) is 0 Å². The van der Waals surface area contributed by atoms with Gasteiger partial charge in [-0.05, 0) is 5.56 Å². The second-order valence-electron chi connectivity index (χ2n) is 5.57. The molecule has 0 aliphatic heterocycles. The molecule has 4 rings (SSSR count). The van der Waals surface area contributed by atoms with Crippen molar-refractivity contribution in [3.05, 3.63) is 65.9 Å². The minimum Gasteiger partial charge on any atom is -0.418 e. The molecule has 0 atom stereocenters. The molecule has 26 heavy (non-hydrogen) atoms. The Bertz CT molecular complexity index is 1030. The average molecular weight is 350 g/mol. The Morgan fingerprint density at radius 1 is 1.23 bits per heavy atom. The fraction of sp³-hybridized carbons (Fsp3) is 0.118. The normalized spacial score (nSPS) is 10.8. The van der Waals surface area contributed by atoms with Gasteiger partial charge in [0.15, 0.2) is 5.69 Å². The highest BCUT2D eigenvalue weighted by molar-refractivity contribution is 6.03. The minimum atomic E-state index is -0.421. The Morgan fingerprint density at radius 3 is 2.85 bits per heavy atom. The molecule has 0 aliphatic carbocycles. The molecular weight excluding hydrogens is 336 g/mol. The van der Waals surface area contributed by atoms with Gasteiger partial charge in [0.25, 0.3) is 11.8 Å². The summed E-state index contributed by atoms with van der Waals surface area (Å²) in [5.74, 6) is 0.379. The molecule has 0 unspecified atom stereocenters. The number of aryl methyl sites for hydroxylation is 1. The van der Waals surface area contributed by atoms with Crippen LogP contribution in [0.5, 0.6) is 0 Å². The maximum atomic E-state index is 12.3. The van der Waals surface area contributed by atoms with Crippen LogP contribution in [-0.4, -0.2) is 31.0 Å². The predicted octanol–water partition coefficient (Wildman–Crippen LogP) is 2.53. The number of anilines is 1. The maximum absolute atomic E-state index is 12.3. The van der Waals surface area contributed by atoms with Gasteiger partial charge in [-0.1, -0.05) is 35.5 Å². The summed E-state index contributed by atoms with van der Waals surface area (Å²) in [5, 5.41) is 18.2. The van der Waals surface area contributed by atoms with E-state index in [4.69, 9.17) is 8.94 Å². The fourth-order valence-electron chi connectivity index (χ4n) is 2.36. The summed E-state index contributed by atoms with van der Waals surface area (Å²) < 4.78 is 12.1. The first-order chi connectivity index (χ1) is 12.7. The molecule has 1 aromatic carbocycles. The van der Waals surface area contributed by atoms with Crippen molar-refractivity contribution in [2.24, 2.45) is 0 Å². The van der Waals surface area contributed by atoms with Crippen molar-refractivity contribution < 1.29 is 13.7 Å². The van der Waals surface area contributed by atoms with Crippen molar-refractivity contribution in [1.29, 1.82) is 0 Å². The third-order valence-corrected chi connectivity index (χ3v) is 3.56. The number of nitrogens with zero attached hydrogens (tertiary/aromatic N) is 5. The van der Waals surface area contributed by atoms with Crippen LogP contribution in [0.1, 0.15) is 21.9 Å². The number of hydrogen-bond donors (Lipinski definition) is 1. The quantitative estimate of drug-likeness (QED) is 0.588. The third kappa shape index (κ3) is 3.36. The molecule has 3 aromatic heterocycles. The lowest BCUT2D eigenvalue weighted by atomic mass is 10.2. The Morgan fingerprint density at radius 2 is 2.08 bits per heavy atom. The number of nitrogens with one attached hydrogen (secondary N) is 1. The molecule has 4 aromatic rings. The molecule has 0 bridgehead atoms. The number of carbonyl (C=O) groups excluding carboxylic acids is 1. The lowest BCUT2D eigenvalue weighted by molar-refractivity contribution is 0.101. The molecule has 0 fully saturated rings. The lowest BCUT2D eigenvalue weighted by Gasteiger charge is -2.01. The second-order valence-corrected chi connectivity index (χ2v) is 5.57. The Kier molecular flexibility index (Phi) is 4.02. The van der Waals surface area contributed by atoms with Gasteiger partial charge in [0.05, 0.1) is 18.4 Å². The molecule has 0 saturated heterocycles. The van der Waals surface area contributed by atoms with E-state index in [1.165, 1.54) is 6.07 Å². The largest absolute Gasteiger partial charge is 0.418 e. The van der Waals surface area contributed by atoms with Gasteiger partial charge in [0, 0.05) is 19.2 Å². The molecule has 1 N–H and O–H groups in total. The van der Waals surface area contributed by atoms with Gasteiger partial charge in [-0.3, -0.25) is 9.48 Å². The first kappa shape index (κ1) is 15.8. The molecule has 0 aliphatic rings. The van der Waals surface area contributed by atoms with E-state index in [-0.39, 0.29) is 17.3 Å². The fourth-order valence-corrected chi connectivity index (χ4v) is 2.36. The average Bonchev–Trinajstić information content (AvgIpc) is 3.37. The van der Waals surface area contributed by atoms with E-state index in [1.807, 2.05) is 30.3 Å². The van der Waals surface area contributed by atoms with Gasteiger partial charge >= 0.3 is 0 Å². The van der Waals surface area contributed by atoms with E-state index in [0.29, 0.717) is 18.1 Å². The second kappa shape index (κ2) is 6.63. The Hall–Kier alpha value is -3.75. The van der Waals surface area contributed by atoms with Crippen molar-refractivity contribution >= 4 is 11.6 Å². The summed E-state index contributed by atoms with van der Waals surface area (Å²) in [5.41, 5.74) is 1.78. The van der Waals surface area contributed by atoms with E-state index >= 15 is 0 Å². The first-order valence-corrected chi connectivity index (χ1v) is 7.82. The van der Waals surface area contributed by atoms with Crippen molar-refractivity contribution in [2.45, 2.75) is 13.5 Å². The van der Waals surface area contributed by atoms with Gasteiger partial charge in [-0.25, -0.2) is 0 Å². The van der Waals surface area contributed by atoms with E-state index in [0.717, 1.165) is 5.56 Å². The number of amides is 1. The van der Waals surface area contributed by atoms with Crippen LogP contribution in [0.2, 0.25) is 0 Å².